The topological polar surface area (TPSA) is 125 Å². The molecule has 0 saturated carbocycles. The molecule has 0 fully saturated rings. The van der Waals surface area contributed by atoms with Crippen molar-refractivity contribution in [2.45, 2.75) is 20.0 Å². The van der Waals surface area contributed by atoms with Gasteiger partial charge in [0.1, 0.15) is 12.7 Å². The Morgan fingerprint density at radius 3 is 1.87 bits per heavy atom. The first-order chi connectivity index (χ1) is 10.6. The zero-order valence-corrected chi connectivity index (χ0v) is 13.4. The van der Waals surface area contributed by atoms with E-state index in [9.17, 15) is 14.4 Å². The molecule has 130 valence electrons. The van der Waals surface area contributed by atoms with Gasteiger partial charge in [0.05, 0.1) is 13.3 Å². The van der Waals surface area contributed by atoms with E-state index in [2.05, 4.69) is 35.1 Å². The zero-order chi connectivity index (χ0) is 18.4. The molecule has 0 rings (SSSR count). The van der Waals surface area contributed by atoms with Crippen LogP contribution in [-0.4, -0.2) is 54.0 Å². The number of carbonyl (C=O) groups excluding carboxylic acids is 3. The fourth-order valence-corrected chi connectivity index (χ4v) is 0.796. The summed E-state index contributed by atoms with van der Waals surface area (Å²) in [4.78, 5) is 32.1. The number of hydrogen-bond acceptors (Lipinski definition) is 6. The van der Waals surface area contributed by atoms with Gasteiger partial charge in [-0.25, -0.2) is 4.79 Å². The summed E-state index contributed by atoms with van der Waals surface area (Å²) >= 11 is 0. The lowest BCUT2D eigenvalue weighted by atomic mass is 10.3. The molecule has 0 aromatic carbocycles. The van der Waals surface area contributed by atoms with E-state index < -0.39 is 18.7 Å². The Morgan fingerprint density at radius 2 is 1.57 bits per heavy atom. The molecule has 0 radical (unpaired) electrons. The van der Waals surface area contributed by atoms with E-state index in [1.54, 1.807) is 13.8 Å². The molecule has 23 heavy (non-hydrogen) atoms. The highest BCUT2D eigenvalue weighted by Crippen LogP contribution is 1.86. The van der Waals surface area contributed by atoms with Crippen LogP contribution < -0.4 is 10.6 Å². The molecule has 0 aromatic rings. The van der Waals surface area contributed by atoms with Gasteiger partial charge >= 0.3 is 5.97 Å². The Morgan fingerprint density at radius 1 is 1.13 bits per heavy atom. The number of rotatable bonds is 8. The number of aliphatic hydroxyl groups excluding tert-OH is 2. The molecule has 2 amide bonds. The summed E-state index contributed by atoms with van der Waals surface area (Å²) in [6.45, 7) is 12.7. The summed E-state index contributed by atoms with van der Waals surface area (Å²) in [5.74, 6) is -1.16. The molecule has 4 N–H and O–H groups in total. The van der Waals surface area contributed by atoms with Crippen LogP contribution in [0.4, 0.5) is 0 Å². The Labute approximate surface area is 135 Å². The van der Waals surface area contributed by atoms with Crippen molar-refractivity contribution in [2.24, 2.45) is 0 Å². The van der Waals surface area contributed by atoms with Gasteiger partial charge in [0.2, 0.25) is 11.8 Å². The molecule has 8 nitrogen and oxygen atoms in total. The third-order valence-electron chi connectivity index (χ3n) is 2.07. The van der Waals surface area contributed by atoms with Crippen molar-refractivity contribution in [1.82, 2.24) is 10.6 Å². The standard InChI is InChI=1S/C9H14N2O2.C6H10O4/c1-6(2)8(12)10-5-11-9(13)7(3)4;1-2-6(9)10-4-5(8)3-7/h1,3,5H2,2,4H3,(H,10,12)(H,11,13);2,5,7-8H,1,3-4H2. The number of esters is 1. The summed E-state index contributed by atoms with van der Waals surface area (Å²) in [7, 11) is 0. The van der Waals surface area contributed by atoms with Crippen LogP contribution in [0, 0.1) is 0 Å². The normalized spacial score (nSPS) is 10.3. The molecule has 1 unspecified atom stereocenters. The molecule has 0 aromatic heterocycles. The Bertz CT molecular complexity index is 433. The van der Waals surface area contributed by atoms with Crippen LogP contribution in [0.3, 0.4) is 0 Å². The first-order valence-electron chi connectivity index (χ1n) is 6.61. The van der Waals surface area contributed by atoms with E-state index in [1.165, 1.54) is 0 Å². The lowest BCUT2D eigenvalue weighted by Gasteiger charge is -2.06. The first kappa shape index (κ1) is 22.8. The molecule has 8 heteroatoms. The summed E-state index contributed by atoms with van der Waals surface area (Å²) in [5.41, 5.74) is 0.814. The SMILES string of the molecule is C=C(C)C(=O)NCNC(=O)C(=C)C.C=CC(=O)OCC(O)CO. The largest absolute Gasteiger partial charge is 0.460 e. The molecule has 0 aliphatic heterocycles. The maximum atomic E-state index is 10.9. The second-order valence-electron chi connectivity index (χ2n) is 4.42. The first-order valence-corrected chi connectivity index (χ1v) is 6.61. The molecule has 0 aliphatic carbocycles. The maximum absolute atomic E-state index is 10.9. The van der Waals surface area contributed by atoms with Gasteiger partial charge in [0.15, 0.2) is 0 Å². The van der Waals surface area contributed by atoms with E-state index in [4.69, 9.17) is 10.2 Å². The van der Waals surface area contributed by atoms with E-state index in [0.717, 1.165) is 6.08 Å². The van der Waals surface area contributed by atoms with Gasteiger partial charge in [-0.1, -0.05) is 19.7 Å². The Kier molecular flexibility index (Phi) is 13.1. The van der Waals surface area contributed by atoms with Gasteiger partial charge in [-0.05, 0) is 13.8 Å². The minimum atomic E-state index is -0.996. The predicted molar refractivity (Wildman–Crippen MR) is 85.0 cm³/mol. The van der Waals surface area contributed by atoms with Crippen LogP contribution in [0.5, 0.6) is 0 Å². The number of aliphatic hydroxyl groups is 2. The fourth-order valence-electron chi connectivity index (χ4n) is 0.796. The second kappa shape index (κ2) is 13.2. The van der Waals surface area contributed by atoms with Crippen molar-refractivity contribution in [3.8, 4) is 0 Å². The van der Waals surface area contributed by atoms with Crippen LogP contribution >= 0.6 is 0 Å². The molecular formula is C15H24N2O6. The van der Waals surface area contributed by atoms with Gasteiger partial charge in [0, 0.05) is 17.2 Å². The van der Waals surface area contributed by atoms with Crippen molar-refractivity contribution < 1.29 is 29.3 Å². The maximum Gasteiger partial charge on any atom is 0.330 e. The molecule has 0 bridgehead atoms. The third-order valence-corrected chi connectivity index (χ3v) is 2.07. The highest BCUT2D eigenvalue weighted by atomic mass is 16.5. The molecule has 0 aliphatic rings. The highest BCUT2D eigenvalue weighted by molar-refractivity contribution is 5.94. The van der Waals surface area contributed by atoms with E-state index in [1.807, 2.05) is 0 Å². The highest BCUT2D eigenvalue weighted by Gasteiger charge is 2.03. The minimum absolute atomic E-state index is 0.0946. The molecule has 0 spiro atoms. The van der Waals surface area contributed by atoms with Crippen molar-refractivity contribution >= 4 is 17.8 Å². The van der Waals surface area contributed by atoms with E-state index in [0.29, 0.717) is 11.1 Å². The number of ether oxygens (including phenoxy) is 1. The quantitative estimate of drug-likeness (QED) is 0.268. The average Bonchev–Trinajstić information content (AvgIpc) is 2.51. The van der Waals surface area contributed by atoms with Crippen LogP contribution in [-0.2, 0) is 19.1 Å². The van der Waals surface area contributed by atoms with E-state index >= 15 is 0 Å². The average molecular weight is 328 g/mol. The summed E-state index contributed by atoms with van der Waals surface area (Å²) in [5, 5.41) is 21.8. The Balaban J connectivity index is 0. The lowest BCUT2D eigenvalue weighted by molar-refractivity contribution is -0.141. The summed E-state index contributed by atoms with van der Waals surface area (Å²) in [6, 6.07) is 0. The van der Waals surface area contributed by atoms with Crippen molar-refractivity contribution in [3.63, 3.8) is 0 Å². The van der Waals surface area contributed by atoms with Crippen LogP contribution in [0.2, 0.25) is 0 Å². The molecule has 0 heterocycles. The number of amides is 2. The molecular weight excluding hydrogens is 304 g/mol. The molecule has 0 saturated heterocycles. The predicted octanol–water partition coefficient (Wildman–Crippen LogP) is -0.603. The number of hydrogen-bond donors (Lipinski definition) is 4. The van der Waals surface area contributed by atoms with Crippen molar-refractivity contribution in [2.75, 3.05) is 19.9 Å². The smallest absolute Gasteiger partial charge is 0.330 e. The molecule has 1 atom stereocenters. The van der Waals surface area contributed by atoms with Gasteiger partial charge in [-0.2, -0.15) is 0 Å². The lowest BCUT2D eigenvalue weighted by Crippen LogP contribution is -2.37. The number of carbonyl (C=O) groups is 3. The minimum Gasteiger partial charge on any atom is -0.460 e. The summed E-state index contributed by atoms with van der Waals surface area (Å²) in [6.07, 6.45) is -0.00622. The third kappa shape index (κ3) is 14.3. The van der Waals surface area contributed by atoms with E-state index in [-0.39, 0.29) is 25.1 Å². The van der Waals surface area contributed by atoms with Crippen molar-refractivity contribution in [3.05, 3.63) is 37.0 Å². The summed E-state index contributed by atoms with van der Waals surface area (Å²) < 4.78 is 4.38. The number of nitrogens with one attached hydrogen (secondary N) is 2. The van der Waals surface area contributed by atoms with Gasteiger partial charge in [-0.15, -0.1) is 0 Å². The fraction of sp³-hybridized carbons (Fsp3) is 0.400. The van der Waals surface area contributed by atoms with Gasteiger partial charge in [0.25, 0.3) is 0 Å². The van der Waals surface area contributed by atoms with Crippen LogP contribution in [0.15, 0.2) is 37.0 Å². The zero-order valence-electron chi connectivity index (χ0n) is 13.4. The van der Waals surface area contributed by atoms with Crippen LogP contribution in [0.25, 0.3) is 0 Å². The van der Waals surface area contributed by atoms with Crippen LogP contribution in [0.1, 0.15) is 13.8 Å². The monoisotopic (exact) mass is 328 g/mol. The second-order valence-corrected chi connectivity index (χ2v) is 4.42. The van der Waals surface area contributed by atoms with Crippen molar-refractivity contribution in [1.29, 1.82) is 0 Å². The van der Waals surface area contributed by atoms with Gasteiger partial charge in [-0.3, -0.25) is 9.59 Å². The Hall–Kier alpha value is -2.45. The van der Waals surface area contributed by atoms with Gasteiger partial charge < -0.3 is 25.6 Å².